The van der Waals surface area contributed by atoms with Crippen LogP contribution in [0.3, 0.4) is 0 Å². The van der Waals surface area contributed by atoms with E-state index in [4.69, 9.17) is 0 Å². The zero-order chi connectivity index (χ0) is 10.1. The highest BCUT2D eigenvalue weighted by atomic mass is 15.3. The van der Waals surface area contributed by atoms with Crippen molar-refractivity contribution in [1.29, 1.82) is 0 Å². The monoisotopic (exact) mass is 194 g/mol. The van der Waals surface area contributed by atoms with E-state index in [0.717, 1.165) is 25.5 Å². The minimum Gasteiger partial charge on any atom is -0.315 e. The summed E-state index contributed by atoms with van der Waals surface area (Å²) in [6.07, 6.45) is 1.84. The van der Waals surface area contributed by atoms with Gasteiger partial charge in [-0.2, -0.15) is 0 Å². The summed E-state index contributed by atoms with van der Waals surface area (Å²) in [6.45, 7) is 9.94. The SMILES string of the molecule is CCN1CCn2cnnc2C1C(C)C. The highest BCUT2D eigenvalue weighted by molar-refractivity contribution is 5.00. The molecule has 2 heterocycles. The Morgan fingerprint density at radius 1 is 1.50 bits per heavy atom. The molecule has 0 N–H and O–H groups in total. The average molecular weight is 194 g/mol. The van der Waals surface area contributed by atoms with Gasteiger partial charge >= 0.3 is 0 Å². The van der Waals surface area contributed by atoms with Crippen LogP contribution in [0, 0.1) is 5.92 Å². The van der Waals surface area contributed by atoms with E-state index in [2.05, 4.69) is 40.4 Å². The Kier molecular flexibility index (Phi) is 2.54. The minimum atomic E-state index is 0.441. The van der Waals surface area contributed by atoms with Crippen LogP contribution in [0.4, 0.5) is 0 Å². The van der Waals surface area contributed by atoms with Gasteiger partial charge in [0.15, 0.2) is 5.82 Å². The molecule has 0 fully saturated rings. The fourth-order valence-electron chi connectivity index (χ4n) is 2.28. The van der Waals surface area contributed by atoms with Gasteiger partial charge in [-0.15, -0.1) is 10.2 Å². The molecular weight excluding hydrogens is 176 g/mol. The normalized spacial score (nSPS) is 22.7. The molecule has 2 rings (SSSR count). The predicted molar refractivity (Wildman–Crippen MR) is 54.8 cm³/mol. The van der Waals surface area contributed by atoms with Crippen molar-refractivity contribution in [3.05, 3.63) is 12.2 Å². The first-order valence-electron chi connectivity index (χ1n) is 5.35. The van der Waals surface area contributed by atoms with Crippen molar-refractivity contribution in [2.75, 3.05) is 13.1 Å². The van der Waals surface area contributed by atoms with E-state index in [1.165, 1.54) is 0 Å². The lowest BCUT2D eigenvalue weighted by molar-refractivity contribution is 0.122. The smallest absolute Gasteiger partial charge is 0.150 e. The molecule has 4 heteroatoms. The Morgan fingerprint density at radius 2 is 2.29 bits per heavy atom. The van der Waals surface area contributed by atoms with Crippen molar-refractivity contribution in [2.24, 2.45) is 5.92 Å². The van der Waals surface area contributed by atoms with Crippen molar-refractivity contribution >= 4 is 0 Å². The summed E-state index contributed by atoms with van der Waals surface area (Å²) in [7, 11) is 0. The summed E-state index contributed by atoms with van der Waals surface area (Å²) < 4.78 is 2.18. The van der Waals surface area contributed by atoms with E-state index in [1.54, 1.807) is 0 Å². The largest absolute Gasteiger partial charge is 0.315 e. The summed E-state index contributed by atoms with van der Waals surface area (Å²) in [6, 6.07) is 0.441. The van der Waals surface area contributed by atoms with E-state index in [-0.39, 0.29) is 0 Å². The Morgan fingerprint density at radius 3 is 2.93 bits per heavy atom. The molecule has 0 saturated heterocycles. The van der Waals surface area contributed by atoms with Gasteiger partial charge in [0.1, 0.15) is 6.33 Å². The second-order valence-corrected chi connectivity index (χ2v) is 4.20. The van der Waals surface area contributed by atoms with Crippen molar-refractivity contribution in [3.63, 3.8) is 0 Å². The van der Waals surface area contributed by atoms with Crippen molar-refractivity contribution in [2.45, 2.75) is 33.4 Å². The van der Waals surface area contributed by atoms with Gasteiger partial charge in [0, 0.05) is 13.1 Å². The number of nitrogens with zero attached hydrogens (tertiary/aromatic N) is 4. The maximum absolute atomic E-state index is 4.23. The molecule has 0 aromatic carbocycles. The van der Waals surface area contributed by atoms with Crippen LogP contribution < -0.4 is 0 Å². The lowest BCUT2D eigenvalue weighted by Gasteiger charge is -2.36. The van der Waals surface area contributed by atoms with Crippen LogP contribution in [-0.4, -0.2) is 32.8 Å². The summed E-state index contributed by atoms with van der Waals surface area (Å²) in [4.78, 5) is 2.48. The molecule has 0 amide bonds. The summed E-state index contributed by atoms with van der Waals surface area (Å²) in [5, 5.41) is 8.22. The zero-order valence-electron chi connectivity index (χ0n) is 9.14. The number of hydrogen-bond donors (Lipinski definition) is 0. The van der Waals surface area contributed by atoms with Crippen molar-refractivity contribution in [3.8, 4) is 0 Å². The third kappa shape index (κ3) is 1.43. The van der Waals surface area contributed by atoms with Gasteiger partial charge in [0.2, 0.25) is 0 Å². The van der Waals surface area contributed by atoms with Crippen LogP contribution in [0.25, 0.3) is 0 Å². The summed E-state index contributed by atoms with van der Waals surface area (Å²) in [5.74, 6) is 1.73. The van der Waals surface area contributed by atoms with Gasteiger partial charge in [-0.3, -0.25) is 4.90 Å². The van der Waals surface area contributed by atoms with Crippen molar-refractivity contribution in [1.82, 2.24) is 19.7 Å². The van der Waals surface area contributed by atoms with Gasteiger partial charge in [-0.1, -0.05) is 20.8 Å². The Hall–Kier alpha value is -0.900. The van der Waals surface area contributed by atoms with Gasteiger partial charge in [-0.25, -0.2) is 0 Å². The molecular formula is C10H18N4. The first-order valence-corrected chi connectivity index (χ1v) is 5.35. The molecule has 1 aliphatic rings. The highest BCUT2D eigenvalue weighted by Crippen LogP contribution is 2.29. The van der Waals surface area contributed by atoms with Gasteiger partial charge in [-0.05, 0) is 12.5 Å². The maximum atomic E-state index is 4.23. The molecule has 1 aliphatic heterocycles. The molecule has 1 aromatic rings. The minimum absolute atomic E-state index is 0.441. The van der Waals surface area contributed by atoms with Gasteiger partial charge in [0.05, 0.1) is 6.04 Å². The zero-order valence-corrected chi connectivity index (χ0v) is 9.14. The second-order valence-electron chi connectivity index (χ2n) is 4.20. The predicted octanol–water partition coefficient (Wildman–Crippen LogP) is 1.31. The molecule has 0 aliphatic carbocycles. The first-order chi connectivity index (χ1) is 6.74. The van der Waals surface area contributed by atoms with Crippen LogP contribution >= 0.6 is 0 Å². The molecule has 4 nitrogen and oxygen atoms in total. The van der Waals surface area contributed by atoms with Crippen LogP contribution in [0.2, 0.25) is 0 Å². The standard InChI is InChI=1S/C10H18N4/c1-4-13-5-6-14-7-11-12-10(14)9(13)8(2)3/h7-9H,4-6H2,1-3H3. The number of rotatable bonds is 2. The highest BCUT2D eigenvalue weighted by Gasteiger charge is 2.30. The Labute approximate surface area is 84.9 Å². The third-order valence-corrected chi connectivity index (χ3v) is 2.97. The number of aromatic nitrogens is 3. The molecule has 1 atom stereocenters. The number of likely N-dealkylation sites (N-methyl/N-ethyl adjacent to an activating group) is 1. The number of fused-ring (bicyclic) bond motifs is 1. The third-order valence-electron chi connectivity index (χ3n) is 2.97. The Balaban J connectivity index is 2.33. The summed E-state index contributed by atoms with van der Waals surface area (Å²) in [5.41, 5.74) is 0. The van der Waals surface area contributed by atoms with E-state index >= 15 is 0 Å². The molecule has 1 aromatic heterocycles. The lowest BCUT2D eigenvalue weighted by atomic mass is 10.00. The maximum Gasteiger partial charge on any atom is 0.150 e. The average Bonchev–Trinajstić information content (AvgIpc) is 2.62. The molecule has 0 spiro atoms. The van der Waals surface area contributed by atoms with E-state index in [0.29, 0.717) is 12.0 Å². The van der Waals surface area contributed by atoms with E-state index in [9.17, 15) is 0 Å². The number of hydrogen-bond acceptors (Lipinski definition) is 3. The topological polar surface area (TPSA) is 34.0 Å². The quantitative estimate of drug-likeness (QED) is 0.712. The van der Waals surface area contributed by atoms with Crippen LogP contribution in [-0.2, 0) is 6.54 Å². The summed E-state index contributed by atoms with van der Waals surface area (Å²) >= 11 is 0. The Bertz CT molecular complexity index is 305. The molecule has 1 unspecified atom stereocenters. The first kappa shape index (κ1) is 9.65. The second kappa shape index (κ2) is 3.69. The van der Waals surface area contributed by atoms with Crippen LogP contribution in [0.1, 0.15) is 32.6 Å². The molecule has 0 bridgehead atoms. The van der Waals surface area contributed by atoms with Gasteiger partial charge < -0.3 is 4.57 Å². The van der Waals surface area contributed by atoms with Crippen LogP contribution in [0.5, 0.6) is 0 Å². The van der Waals surface area contributed by atoms with Gasteiger partial charge in [0.25, 0.3) is 0 Å². The van der Waals surface area contributed by atoms with E-state index < -0.39 is 0 Å². The molecule has 0 saturated carbocycles. The fourth-order valence-corrected chi connectivity index (χ4v) is 2.28. The van der Waals surface area contributed by atoms with Crippen LogP contribution in [0.15, 0.2) is 6.33 Å². The fraction of sp³-hybridized carbons (Fsp3) is 0.800. The molecule has 14 heavy (non-hydrogen) atoms. The molecule has 78 valence electrons. The van der Waals surface area contributed by atoms with Crippen molar-refractivity contribution < 1.29 is 0 Å². The lowest BCUT2D eigenvalue weighted by Crippen LogP contribution is -2.40. The molecule has 0 radical (unpaired) electrons. The van der Waals surface area contributed by atoms with E-state index in [1.807, 2.05) is 6.33 Å².